The molecule has 0 radical (unpaired) electrons. The minimum atomic E-state index is -0.0368. The van der Waals surface area contributed by atoms with Gasteiger partial charge in [0.1, 0.15) is 0 Å². The van der Waals surface area contributed by atoms with E-state index >= 15 is 0 Å². The van der Waals surface area contributed by atoms with Crippen LogP contribution >= 0.6 is 0 Å². The van der Waals surface area contributed by atoms with Gasteiger partial charge in [-0.25, -0.2) is 4.79 Å². The number of benzene rings is 1. The van der Waals surface area contributed by atoms with Crippen molar-refractivity contribution in [3.05, 3.63) is 52.9 Å². The fourth-order valence-electron chi connectivity index (χ4n) is 4.04. The summed E-state index contributed by atoms with van der Waals surface area (Å²) in [5.41, 5.74) is 3.04. The van der Waals surface area contributed by atoms with Gasteiger partial charge >= 0.3 is 6.03 Å². The first-order valence-corrected chi connectivity index (χ1v) is 10.6. The van der Waals surface area contributed by atoms with E-state index < -0.39 is 0 Å². The van der Waals surface area contributed by atoms with Gasteiger partial charge in [-0.1, -0.05) is 29.4 Å². The summed E-state index contributed by atoms with van der Waals surface area (Å²) in [6, 6.07) is 10.0. The van der Waals surface area contributed by atoms with E-state index in [0.29, 0.717) is 32.6 Å². The topological polar surface area (TPSA) is 81.9 Å². The Hall–Kier alpha value is -2.87. The number of likely N-dealkylation sites (tertiary alicyclic amines) is 1. The van der Waals surface area contributed by atoms with Crippen molar-refractivity contribution in [2.75, 3.05) is 32.7 Å². The highest BCUT2D eigenvalue weighted by molar-refractivity contribution is 5.78. The number of piperazine rings is 1. The van der Waals surface area contributed by atoms with Gasteiger partial charge in [0, 0.05) is 58.3 Å². The SMILES string of the molecule is Cc1cc(CN2CCN(C(=O)NCc3cccc(CN4CCCC4=O)c3)CC2)on1. The van der Waals surface area contributed by atoms with Crippen LogP contribution in [0.25, 0.3) is 0 Å². The Bertz CT molecular complexity index is 888. The van der Waals surface area contributed by atoms with Crippen molar-refractivity contribution in [1.82, 2.24) is 25.2 Å². The Balaban J connectivity index is 1.22. The van der Waals surface area contributed by atoms with E-state index in [1.807, 2.05) is 41.0 Å². The smallest absolute Gasteiger partial charge is 0.317 e. The third kappa shape index (κ3) is 5.18. The summed E-state index contributed by atoms with van der Waals surface area (Å²) in [6.07, 6.45) is 1.60. The summed E-state index contributed by atoms with van der Waals surface area (Å²) in [6.45, 7) is 7.61. The highest BCUT2D eigenvalue weighted by Crippen LogP contribution is 2.15. The second kappa shape index (κ2) is 9.30. The van der Waals surface area contributed by atoms with Crippen molar-refractivity contribution in [2.45, 2.75) is 39.4 Å². The first-order valence-electron chi connectivity index (χ1n) is 10.6. The molecule has 0 bridgehead atoms. The fraction of sp³-hybridized carbons (Fsp3) is 0.500. The maximum Gasteiger partial charge on any atom is 0.317 e. The molecule has 1 aromatic carbocycles. The summed E-state index contributed by atoms with van der Waals surface area (Å²) in [5.74, 6) is 1.09. The highest BCUT2D eigenvalue weighted by atomic mass is 16.5. The number of hydrogen-bond donors (Lipinski definition) is 1. The summed E-state index contributed by atoms with van der Waals surface area (Å²) < 4.78 is 5.28. The zero-order chi connectivity index (χ0) is 20.9. The molecule has 3 heterocycles. The standard InChI is InChI=1S/C22H29N5O3/c1-17-12-20(30-24-17)16-25-8-10-26(11-9-25)22(29)23-14-18-4-2-5-19(13-18)15-27-7-3-6-21(27)28/h2,4-5,12-13H,3,6-11,14-16H2,1H3,(H,23,29). The first-order chi connectivity index (χ1) is 14.6. The van der Waals surface area contributed by atoms with Gasteiger partial charge in [-0.05, 0) is 24.5 Å². The lowest BCUT2D eigenvalue weighted by molar-refractivity contribution is -0.128. The molecule has 2 aromatic rings. The summed E-state index contributed by atoms with van der Waals surface area (Å²) in [5, 5.41) is 6.95. The van der Waals surface area contributed by atoms with Gasteiger partial charge in [0.2, 0.25) is 5.91 Å². The molecule has 2 saturated heterocycles. The van der Waals surface area contributed by atoms with Crippen molar-refractivity contribution in [2.24, 2.45) is 0 Å². The molecule has 160 valence electrons. The number of nitrogens with zero attached hydrogens (tertiary/aromatic N) is 4. The number of amides is 3. The molecule has 2 fully saturated rings. The molecule has 4 rings (SSSR count). The van der Waals surface area contributed by atoms with E-state index in [4.69, 9.17) is 4.52 Å². The minimum Gasteiger partial charge on any atom is -0.360 e. The number of nitrogens with one attached hydrogen (secondary N) is 1. The van der Waals surface area contributed by atoms with E-state index in [-0.39, 0.29) is 11.9 Å². The van der Waals surface area contributed by atoms with Crippen molar-refractivity contribution in [3.8, 4) is 0 Å². The summed E-state index contributed by atoms with van der Waals surface area (Å²) in [7, 11) is 0. The second-order valence-corrected chi connectivity index (χ2v) is 8.10. The maximum atomic E-state index is 12.6. The zero-order valence-electron chi connectivity index (χ0n) is 17.5. The van der Waals surface area contributed by atoms with Crippen molar-refractivity contribution in [1.29, 1.82) is 0 Å². The largest absolute Gasteiger partial charge is 0.360 e. The Morgan fingerprint density at radius 2 is 1.90 bits per heavy atom. The predicted octanol–water partition coefficient (Wildman–Crippen LogP) is 2.13. The molecule has 0 unspecified atom stereocenters. The lowest BCUT2D eigenvalue weighted by Gasteiger charge is -2.34. The number of aryl methyl sites for hydroxylation is 1. The minimum absolute atomic E-state index is 0.0368. The van der Waals surface area contributed by atoms with Crippen LogP contribution < -0.4 is 5.32 Å². The van der Waals surface area contributed by atoms with Gasteiger partial charge in [0.05, 0.1) is 12.2 Å². The average molecular weight is 412 g/mol. The van der Waals surface area contributed by atoms with Crippen LogP contribution in [-0.4, -0.2) is 64.5 Å². The van der Waals surface area contributed by atoms with E-state index in [1.54, 1.807) is 0 Å². The van der Waals surface area contributed by atoms with E-state index in [2.05, 4.69) is 21.4 Å². The van der Waals surface area contributed by atoms with Crippen LogP contribution in [0, 0.1) is 6.92 Å². The van der Waals surface area contributed by atoms with Gasteiger partial charge in [0.25, 0.3) is 0 Å². The van der Waals surface area contributed by atoms with Gasteiger partial charge in [-0.15, -0.1) is 0 Å². The molecule has 3 amide bonds. The van der Waals surface area contributed by atoms with Gasteiger partial charge in [-0.3, -0.25) is 9.69 Å². The van der Waals surface area contributed by atoms with Crippen molar-refractivity contribution in [3.63, 3.8) is 0 Å². The van der Waals surface area contributed by atoms with Crippen LogP contribution in [0.3, 0.4) is 0 Å². The molecule has 8 heteroatoms. The lowest BCUT2D eigenvalue weighted by Crippen LogP contribution is -2.51. The van der Waals surface area contributed by atoms with Gasteiger partial charge in [-0.2, -0.15) is 0 Å². The molecule has 30 heavy (non-hydrogen) atoms. The molecule has 0 saturated carbocycles. The highest BCUT2D eigenvalue weighted by Gasteiger charge is 2.22. The van der Waals surface area contributed by atoms with Gasteiger partial charge in [0.15, 0.2) is 5.76 Å². The van der Waals surface area contributed by atoms with Crippen molar-refractivity contribution < 1.29 is 14.1 Å². The number of urea groups is 1. The number of aromatic nitrogens is 1. The van der Waals surface area contributed by atoms with E-state index in [1.165, 1.54) is 0 Å². The number of hydrogen-bond acceptors (Lipinski definition) is 5. The second-order valence-electron chi connectivity index (χ2n) is 8.10. The van der Waals surface area contributed by atoms with Crippen LogP contribution in [0.5, 0.6) is 0 Å². The third-order valence-electron chi connectivity index (χ3n) is 5.70. The van der Waals surface area contributed by atoms with E-state index in [0.717, 1.165) is 55.2 Å². The van der Waals surface area contributed by atoms with Crippen LogP contribution in [-0.2, 0) is 24.4 Å². The molecular formula is C22H29N5O3. The predicted molar refractivity (Wildman–Crippen MR) is 111 cm³/mol. The Labute approximate surface area is 176 Å². The molecule has 8 nitrogen and oxygen atoms in total. The molecule has 2 aliphatic rings. The maximum absolute atomic E-state index is 12.6. The Morgan fingerprint density at radius 3 is 2.60 bits per heavy atom. The number of carbonyl (C=O) groups is 2. The third-order valence-corrected chi connectivity index (χ3v) is 5.70. The van der Waals surface area contributed by atoms with Crippen LogP contribution in [0.15, 0.2) is 34.9 Å². The summed E-state index contributed by atoms with van der Waals surface area (Å²) in [4.78, 5) is 30.4. The normalized spacial score (nSPS) is 17.6. The van der Waals surface area contributed by atoms with Crippen LogP contribution in [0.1, 0.15) is 35.4 Å². The molecule has 1 aromatic heterocycles. The monoisotopic (exact) mass is 411 g/mol. The molecule has 0 spiro atoms. The van der Waals surface area contributed by atoms with Crippen molar-refractivity contribution >= 4 is 11.9 Å². The van der Waals surface area contributed by atoms with Crippen LogP contribution in [0.2, 0.25) is 0 Å². The lowest BCUT2D eigenvalue weighted by atomic mass is 10.1. The molecule has 0 atom stereocenters. The zero-order valence-corrected chi connectivity index (χ0v) is 17.5. The number of rotatable bonds is 6. The molecule has 1 N–H and O–H groups in total. The Morgan fingerprint density at radius 1 is 1.10 bits per heavy atom. The Kier molecular flexibility index (Phi) is 6.32. The molecular weight excluding hydrogens is 382 g/mol. The van der Waals surface area contributed by atoms with Gasteiger partial charge < -0.3 is 19.6 Å². The quantitative estimate of drug-likeness (QED) is 0.788. The van der Waals surface area contributed by atoms with Crippen LogP contribution in [0.4, 0.5) is 4.79 Å². The average Bonchev–Trinajstić information content (AvgIpc) is 3.35. The first kappa shape index (κ1) is 20.4. The fourth-order valence-corrected chi connectivity index (χ4v) is 4.04. The van der Waals surface area contributed by atoms with E-state index in [9.17, 15) is 9.59 Å². The molecule has 2 aliphatic heterocycles. The number of carbonyl (C=O) groups excluding carboxylic acids is 2. The summed E-state index contributed by atoms with van der Waals surface area (Å²) >= 11 is 0. The molecule has 0 aliphatic carbocycles.